The molecule has 0 aliphatic carbocycles. The molecule has 0 saturated heterocycles. The number of nitrogen functional groups attached to an aromatic ring is 1. The number of carbonyl (C=O) groups excluding carboxylic acids is 1. The SMILES string of the molecule is CC(C)(C)CC(=O)Nc1cc(N)ccc1C(=O)O. The quantitative estimate of drug-likeness (QED) is 0.718. The summed E-state index contributed by atoms with van der Waals surface area (Å²) in [6.45, 7) is 5.80. The Kier molecular flexibility index (Phi) is 3.96. The molecule has 0 unspecified atom stereocenters. The highest BCUT2D eigenvalue weighted by Gasteiger charge is 2.18. The van der Waals surface area contributed by atoms with Gasteiger partial charge in [0, 0.05) is 12.1 Å². The molecule has 4 N–H and O–H groups in total. The van der Waals surface area contributed by atoms with Crippen LogP contribution in [-0.2, 0) is 4.79 Å². The predicted molar refractivity (Wildman–Crippen MR) is 70.5 cm³/mol. The molecule has 0 atom stereocenters. The Balaban J connectivity index is 2.93. The zero-order chi connectivity index (χ0) is 13.9. The van der Waals surface area contributed by atoms with E-state index in [-0.39, 0.29) is 22.6 Å². The van der Waals surface area contributed by atoms with Crippen LogP contribution in [0.5, 0.6) is 0 Å². The van der Waals surface area contributed by atoms with Crippen LogP contribution in [0.1, 0.15) is 37.6 Å². The van der Waals surface area contributed by atoms with Crippen molar-refractivity contribution in [3.8, 4) is 0 Å². The lowest BCUT2D eigenvalue weighted by molar-refractivity contribution is -0.117. The third kappa shape index (κ3) is 4.08. The van der Waals surface area contributed by atoms with Crippen molar-refractivity contribution in [2.45, 2.75) is 27.2 Å². The van der Waals surface area contributed by atoms with E-state index >= 15 is 0 Å². The number of anilines is 2. The molecule has 18 heavy (non-hydrogen) atoms. The molecule has 0 spiro atoms. The zero-order valence-electron chi connectivity index (χ0n) is 10.8. The van der Waals surface area contributed by atoms with Gasteiger partial charge in [0.25, 0.3) is 0 Å². The van der Waals surface area contributed by atoms with Crippen LogP contribution >= 0.6 is 0 Å². The second-order valence-corrected chi connectivity index (χ2v) is 5.40. The van der Waals surface area contributed by atoms with E-state index in [1.54, 1.807) is 0 Å². The van der Waals surface area contributed by atoms with Crippen molar-refractivity contribution in [3.05, 3.63) is 23.8 Å². The largest absolute Gasteiger partial charge is 0.478 e. The van der Waals surface area contributed by atoms with E-state index in [0.29, 0.717) is 12.1 Å². The van der Waals surface area contributed by atoms with Crippen LogP contribution in [0, 0.1) is 5.41 Å². The maximum absolute atomic E-state index is 11.8. The van der Waals surface area contributed by atoms with Gasteiger partial charge in [-0.25, -0.2) is 4.79 Å². The van der Waals surface area contributed by atoms with Crippen molar-refractivity contribution in [2.24, 2.45) is 5.41 Å². The Labute approximate surface area is 106 Å². The van der Waals surface area contributed by atoms with Crippen molar-refractivity contribution in [3.63, 3.8) is 0 Å². The fraction of sp³-hybridized carbons (Fsp3) is 0.385. The molecule has 0 heterocycles. The Bertz CT molecular complexity index is 476. The van der Waals surface area contributed by atoms with Crippen molar-refractivity contribution in [1.29, 1.82) is 0 Å². The van der Waals surface area contributed by atoms with Crippen LogP contribution in [0.2, 0.25) is 0 Å². The number of benzene rings is 1. The van der Waals surface area contributed by atoms with Crippen LogP contribution in [0.25, 0.3) is 0 Å². The number of rotatable bonds is 3. The summed E-state index contributed by atoms with van der Waals surface area (Å²) in [5.74, 6) is -1.32. The van der Waals surface area contributed by atoms with Gasteiger partial charge in [0.1, 0.15) is 0 Å². The summed E-state index contributed by atoms with van der Waals surface area (Å²) in [4.78, 5) is 22.8. The van der Waals surface area contributed by atoms with Gasteiger partial charge in [0.15, 0.2) is 0 Å². The fourth-order valence-electron chi connectivity index (χ4n) is 1.53. The van der Waals surface area contributed by atoms with E-state index in [1.165, 1.54) is 18.2 Å². The third-order valence-corrected chi connectivity index (χ3v) is 2.24. The summed E-state index contributed by atoms with van der Waals surface area (Å²) in [6.07, 6.45) is 0.306. The fourth-order valence-corrected chi connectivity index (χ4v) is 1.53. The molecule has 0 aliphatic rings. The van der Waals surface area contributed by atoms with Gasteiger partial charge >= 0.3 is 5.97 Å². The minimum atomic E-state index is -1.10. The van der Waals surface area contributed by atoms with Crippen molar-refractivity contribution < 1.29 is 14.7 Å². The molecule has 1 aromatic rings. The lowest BCUT2D eigenvalue weighted by Crippen LogP contribution is -2.21. The Morgan fingerprint density at radius 1 is 1.33 bits per heavy atom. The zero-order valence-corrected chi connectivity index (χ0v) is 10.8. The molecular weight excluding hydrogens is 232 g/mol. The average molecular weight is 250 g/mol. The molecular formula is C13H18N2O3. The summed E-state index contributed by atoms with van der Waals surface area (Å²) in [5, 5.41) is 11.6. The van der Waals surface area contributed by atoms with E-state index in [2.05, 4.69) is 5.32 Å². The second kappa shape index (κ2) is 5.08. The van der Waals surface area contributed by atoms with E-state index in [0.717, 1.165) is 0 Å². The van der Waals surface area contributed by atoms with Crippen molar-refractivity contribution in [2.75, 3.05) is 11.1 Å². The standard InChI is InChI=1S/C13H18N2O3/c1-13(2,3)7-11(16)15-10-6-8(14)4-5-9(10)12(17)18/h4-6H,7,14H2,1-3H3,(H,15,16)(H,17,18). The van der Waals surface area contributed by atoms with E-state index in [1.807, 2.05) is 20.8 Å². The summed E-state index contributed by atoms with van der Waals surface area (Å²) < 4.78 is 0. The van der Waals surface area contributed by atoms with E-state index < -0.39 is 5.97 Å². The van der Waals surface area contributed by atoms with Crippen molar-refractivity contribution in [1.82, 2.24) is 0 Å². The predicted octanol–water partition coefficient (Wildman–Crippen LogP) is 2.34. The molecule has 1 aromatic carbocycles. The number of hydrogen-bond acceptors (Lipinski definition) is 3. The Morgan fingerprint density at radius 2 is 1.94 bits per heavy atom. The Hall–Kier alpha value is -2.04. The molecule has 0 aromatic heterocycles. The molecule has 0 saturated carbocycles. The van der Waals surface area contributed by atoms with Crippen molar-refractivity contribution >= 4 is 23.3 Å². The van der Waals surface area contributed by atoms with Gasteiger partial charge in [-0.2, -0.15) is 0 Å². The molecule has 0 fully saturated rings. The first kappa shape index (κ1) is 14.0. The number of nitrogens with one attached hydrogen (secondary N) is 1. The maximum atomic E-state index is 11.8. The lowest BCUT2D eigenvalue weighted by atomic mass is 9.92. The number of amides is 1. The molecule has 1 rings (SSSR count). The molecule has 98 valence electrons. The molecule has 0 bridgehead atoms. The Morgan fingerprint density at radius 3 is 2.44 bits per heavy atom. The van der Waals surface area contributed by atoms with Gasteiger partial charge in [0.05, 0.1) is 11.3 Å². The van der Waals surface area contributed by atoms with Crippen LogP contribution in [0.15, 0.2) is 18.2 Å². The van der Waals surface area contributed by atoms with Gasteiger partial charge in [-0.05, 0) is 23.6 Å². The topological polar surface area (TPSA) is 92.4 Å². The van der Waals surface area contributed by atoms with Crippen LogP contribution in [0.4, 0.5) is 11.4 Å². The highest BCUT2D eigenvalue weighted by molar-refractivity contribution is 6.01. The first-order chi connectivity index (χ1) is 8.19. The first-order valence-corrected chi connectivity index (χ1v) is 5.62. The number of carboxylic acid groups (broad SMARTS) is 1. The highest BCUT2D eigenvalue weighted by atomic mass is 16.4. The minimum Gasteiger partial charge on any atom is -0.478 e. The van der Waals surface area contributed by atoms with Gasteiger partial charge in [-0.1, -0.05) is 20.8 Å². The van der Waals surface area contributed by atoms with E-state index in [9.17, 15) is 9.59 Å². The second-order valence-electron chi connectivity index (χ2n) is 5.40. The molecule has 1 amide bonds. The van der Waals surface area contributed by atoms with E-state index in [4.69, 9.17) is 10.8 Å². The lowest BCUT2D eigenvalue weighted by Gasteiger charge is -2.18. The summed E-state index contributed by atoms with van der Waals surface area (Å²) in [6, 6.07) is 4.32. The minimum absolute atomic E-state index is 0.0338. The van der Waals surface area contributed by atoms with Gasteiger partial charge in [0.2, 0.25) is 5.91 Å². The maximum Gasteiger partial charge on any atom is 0.337 e. The molecule has 5 heteroatoms. The number of aromatic carboxylic acids is 1. The number of carboxylic acids is 1. The average Bonchev–Trinajstić information content (AvgIpc) is 2.13. The molecule has 0 radical (unpaired) electrons. The van der Waals surface area contributed by atoms with Gasteiger partial charge in [-0.15, -0.1) is 0 Å². The highest BCUT2D eigenvalue weighted by Crippen LogP contribution is 2.23. The first-order valence-electron chi connectivity index (χ1n) is 5.62. The molecule has 0 aliphatic heterocycles. The van der Waals surface area contributed by atoms with Gasteiger partial charge < -0.3 is 16.2 Å². The summed E-state index contributed by atoms with van der Waals surface area (Å²) >= 11 is 0. The van der Waals surface area contributed by atoms with Crippen LogP contribution in [0.3, 0.4) is 0 Å². The number of hydrogen-bond donors (Lipinski definition) is 3. The van der Waals surface area contributed by atoms with Crippen LogP contribution < -0.4 is 11.1 Å². The molecule has 5 nitrogen and oxygen atoms in total. The summed E-state index contributed by atoms with van der Waals surface area (Å²) in [7, 11) is 0. The normalized spacial score (nSPS) is 11.1. The van der Waals surface area contributed by atoms with Crippen LogP contribution in [-0.4, -0.2) is 17.0 Å². The smallest absolute Gasteiger partial charge is 0.337 e. The summed E-state index contributed by atoms with van der Waals surface area (Å²) in [5.41, 5.74) is 6.10. The van der Waals surface area contributed by atoms with Gasteiger partial charge in [-0.3, -0.25) is 4.79 Å². The number of nitrogens with two attached hydrogens (primary N) is 1. The monoisotopic (exact) mass is 250 g/mol. The number of carbonyl (C=O) groups is 2. The third-order valence-electron chi connectivity index (χ3n) is 2.24.